The van der Waals surface area contributed by atoms with E-state index in [0.29, 0.717) is 18.4 Å². The Morgan fingerprint density at radius 3 is 2.44 bits per heavy atom. The molecule has 2 saturated heterocycles. The first-order chi connectivity index (χ1) is 13.0. The molecule has 1 aromatic rings. The number of piperidine rings is 2. The Kier molecular flexibility index (Phi) is 7.30. The summed E-state index contributed by atoms with van der Waals surface area (Å²) in [5.74, 6) is 0.941. The van der Waals surface area contributed by atoms with Gasteiger partial charge in [0.15, 0.2) is 0 Å². The number of likely N-dealkylation sites (tertiary alicyclic amines) is 2. The van der Waals surface area contributed by atoms with Crippen LogP contribution in [0.2, 0.25) is 0 Å². The minimum atomic E-state index is 0.0794. The summed E-state index contributed by atoms with van der Waals surface area (Å²) < 4.78 is 0. The zero-order chi connectivity index (χ0) is 19.2. The van der Waals surface area contributed by atoms with Crippen LogP contribution in [-0.2, 0) is 9.59 Å². The SMILES string of the molecule is CC(C)C(NC(=O)CN1CCC(C(=O)N2CCCCC2)CC1)c1cccs1. The molecule has 3 rings (SSSR count). The van der Waals surface area contributed by atoms with E-state index in [-0.39, 0.29) is 17.9 Å². The first kappa shape index (κ1) is 20.3. The summed E-state index contributed by atoms with van der Waals surface area (Å²) in [6.45, 7) is 8.25. The van der Waals surface area contributed by atoms with Crippen molar-refractivity contribution in [1.29, 1.82) is 0 Å². The van der Waals surface area contributed by atoms with Crippen molar-refractivity contribution < 1.29 is 9.59 Å². The molecule has 0 aromatic carbocycles. The molecular formula is C21H33N3O2S. The second-order valence-corrected chi connectivity index (χ2v) is 9.22. The second-order valence-electron chi connectivity index (χ2n) is 8.24. The highest BCUT2D eigenvalue weighted by atomic mass is 32.1. The molecule has 1 N–H and O–H groups in total. The van der Waals surface area contributed by atoms with Crippen LogP contribution in [0.4, 0.5) is 0 Å². The third-order valence-electron chi connectivity index (χ3n) is 5.80. The quantitative estimate of drug-likeness (QED) is 0.810. The number of amides is 2. The smallest absolute Gasteiger partial charge is 0.234 e. The van der Waals surface area contributed by atoms with Crippen molar-refractivity contribution >= 4 is 23.2 Å². The van der Waals surface area contributed by atoms with Crippen LogP contribution in [0.5, 0.6) is 0 Å². The molecule has 2 aliphatic heterocycles. The molecule has 2 fully saturated rings. The maximum atomic E-state index is 12.7. The molecule has 2 amide bonds. The third kappa shape index (κ3) is 5.55. The first-order valence-electron chi connectivity index (χ1n) is 10.4. The van der Waals surface area contributed by atoms with Crippen LogP contribution in [0.1, 0.15) is 56.9 Å². The van der Waals surface area contributed by atoms with Crippen LogP contribution >= 0.6 is 11.3 Å². The maximum absolute atomic E-state index is 12.7. The summed E-state index contributed by atoms with van der Waals surface area (Å²) in [5, 5.41) is 5.26. The van der Waals surface area contributed by atoms with Crippen LogP contribution in [0, 0.1) is 11.8 Å². The number of carbonyl (C=O) groups excluding carboxylic acids is 2. The van der Waals surface area contributed by atoms with Gasteiger partial charge in [0, 0.05) is 23.9 Å². The Hall–Kier alpha value is -1.40. The number of carbonyl (C=O) groups is 2. The van der Waals surface area contributed by atoms with Gasteiger partial charge in [-0.25, -0.2) is 0 Å². The first-order valence-corrected chi connectivity index (χ1v) is 11.3. The molecule has 1 atom stereocenters. The second kappa shape index (κ2) is 9.69. The van der Waals surface area contributed by atoms with Crippen LogP contribution in [0.3, 0.4) is 0 Å². The predicted molar refractivity (Wildman–Crippen MR) is 110 cm³/mol. The summed E-state index contributed by atoms with van der Waals surface area (Å²) in [5.41, 5.74) is 0. The van der Waals surface area contributed by atoms with E-state index in [1.54, 1.807) is 11.3 Å². The number of thiophene rings is 1. The van der Waals surface area contributed by atoms with Crippen LogP contribution in [0.15, 0.2) is 17.5 Å². The van der Waals surface area contributed by atoms with Gasteiger partial charge in [0.2, 0.25) is 11.8 Å². The summed E-state index contributed by atoms with van der Waals surface area (Å²) >= 11 is 1.69. The summed E-state index contributed by atoms with van der Waals surface area (Å²) in [6, 6.07) is 4.20. The van der Waals surface area contributed by atoms with Crippen molar-refractivity contribution in [2.24, 2.45) is 11.8 Å². The zero-order valence-electron chi connectivity index (χ0n) is 16.7. The van der Waals surface area contributed by atoms with Gasteiger partial charge in [-0.1, -0.05) is 19.9 Å². The topological polar surface area (TPSA) is 52.7 Å². The number of nitrogens with one attached hydrogen (secondary N) is 1. The van der Waals surface area contributed by atoms with E-state index in [9.17, 15) is 9.59 Å². The Bertz CT molecular complexity index is 603. The minimum Gasteiger partial charge on any atom is -0.347 e. The lowest BCUT2D eigenvalue weighted by Gasteiger charge is -2.35. The Labute approximate surface area is 167 Å². The highest BCUT2D eigenvalue weighted by Gasteiger charge is 2.30. The molecule has 6 heteroatoms. The van der Waals surface area contributed by atoms with Gasteiger partial charge in [0.1, 0.15) is 0 Å². The average Bonchev–Trinajstić information content (AvgIpc) is 3.21. The summed E-state index contributed by atoms with van der Waals surface area (Å²) in [6.07, 6.45) is 5.29. The van der Waals surface area contributed by atoms with Gasteiger partial charge in [-0.15, -0.1) is 11.3 Å². The largest absolute Gasteiger partial charge is 0.347 e. The number of hydrogen-bond acceptors (Lipinski definition) is 4. The highest BCUT2D eigenvalue weighted by Crippen LogP contribution is 2.26. The number of hydrogen-bond donors (Lipinski definition) is 1. The molecular weight excluding hydrogens is 358 g/mol. The van der Waals surface area contributed by atoms with Gasteiger partial charge in [-0.2, -0.15) is 0 Å². The minimum absolute atomic E-state index is 0.0794. The summed E-state index contributed by atoms with van der Waals surface area (Å²) in [4.78, 5) is 30.7. The number of nitrogens with zero attached hydrogens (tertiary/aromatic N) is 2. The lowest BCUT2D eigenvalue weighted by molar-refractivity contribution is -0.138. The van der Waals surface area contributed by atoms with E-state index in [1.807, 2.05) is 6.07 Å². The van der Waals surface area contributed by atoms with Crippen LogP contribution in [0.25, 0.3) is 0 Å². The lowest BCUT2D eigenvalue weighted by Crippen LogP contribution is -2.47. The molecule has 5 nitrogen and oxygen atoms in total. The molecule has 150 valence electrons. The molecule has 1 aromatic heterocycles. The Balaban J connectivity index is 1.44. The van der Waals surface area contributed by atoms with E-state index in [0.717, 1.165) is 51.9 Å². The molecule has 27 heavy (non-hydrogen) atoms. The Morgan fingerprint density at radius 2 is 1.85 bits per heavy atom. The fourth-order valence-electron chi connectivity index (χ4n) is 4.17. The van der Waals surface area contributed by atoms with Gasteiger partial charge >= 0.3 is 0 Å². The van der Waals surface area contributed by atoms with Gasteiger partial charge in [-0.05, 0) is 62.6 Å². The normalized spacial score (nSPS) is 20.6. The maximum Gasteiger partial charge on any atom is 0.234 e. The van der Waals surface area contributed by atoms with E-state index in [2.05, 4.69) is 40.4 Å². The fraction of sp³-hybridized carbons (Fsp3) is 0.714. The monoisotopic (exact) mass is 391 g/mol. The number of rotatable bonds is 6. The van der Waals surface area contributed by atoms with E-state index in [1.165, 1.54) is 11.3 Å². The van der Waals surface area contributed by atoms with E-state index in [4.69, 9.17) is 0 Å². The standard InChI is InChI=1S/C21H33N3O2S/c1-16(2)20(18-7-6-14-27-18)22-19(25)15-23-12-8-17(9-13-23)21(26)24-10-4-3-5-11-24/h6-7,14,16-17,20H,3-5,8-13,15H2,1-2H3,(H,22,25). The van der Waals surface area contributed by atoms with Crippen molar-refractivity contribution in [3.05, 3.63) is 22.4 Å². The molecule has 0 radical (unpaired) electrons. The fourth-order valence-corrected chi connectivity index (χ4v) is 5.12. The Morgan fingerprint density at radius 1 is 1.15 bits per heavy atom. The van der Waals surface area contributed by atoms with Crippen molar-refractivity contribution in [2.75, 3.05) is 32.7 Å². The van der Waals surface area contributed by atoms with Crippen molar-refractivity contribution in [1.82, 2.24) is 15.1 Å². The van der Waals surface area contributed by atoms with Gasteiger partial charge < -0.3 is 10.2 Å². The van der Waals surface area contributed by atoms with Gasteiger partial charge in [0.25, 0.3) is 0 Å². The van der Waals surface area contributed by atoms with Gasteiger partial charge in [0.05, 0.1) is 12.6 Å². The van der Waals surface area contributed by atoms with Crippen LogP contribution in [-0.4, -0.2) is 54.3 Å². The lowest BCUT2D eigenvalue weighted by atomic mass is 9.94. The molecule has 0 saturated carbocycles. The van der Waals surface area contributed by atoms with Crippen molar-refractivity contribution in [3.63, 3.8) is 0 Å². The molecule has 2 aliphatic rings. The predicted octanol–water partition coefficient (Wildman–Crippen LogP) is 3.29. The molecule has 0 aliphatic carbocycles. The average molecular weight is 392 g/mol. The zero-order valence-corrected chi connectivity index (χ0v) is 17.5. The highest BCUT2D eigenvalue weighted by molar-refractivity contribution is 7.10. The van der Waals surface area contributed by atoms with Crippen molar-refractivity contribution in [2.45, 2.75) is 52.0 Å². The van der Waals surface area contributed by atoms with Gasteiger partial charge in [-0.3, -0.25) is 14.5 Å². The molecule has 3 heterocycles. The van der Waals surface area contributed by atoms with E-state index >= 15 is 0 Å². The molecule has 1 unspecified atom stereocenters. The van der Waals surface area contributed by atoms with E-state index < -0.39 is 0 Å². The molecule has 0 spiro atoms. The third-order valence-corrected chi connectivity index (χ3v) is 6.76. The van der Waals surface area contributed by atoms with Crippen molar-refractivity contribution in [3.8, 4) is 0 Å². The molecule has 0 bridgehead atoms. The summed E-state index contributed by atoms with van der Waals surface area (Å²) in [7, 11) is 0. The van der Waals surface area contributed by atoms with Crippen LogP contribution < -0.4 is 5.32 Å².